The molecule has 0 spiro atoms. The Balaban J connectivity index is 0.00000196. The molecule has 3 aromatic heterocycles. The fraction of sp³-hybridized carbons (Fsp3) is 0.464. The molecule has 5 rings (SSSR count). The number of benzene rings is 1. The average molecular weight is 629 g/mol. The first-order chi connectivity index (χ1) is 18.4. The monoisotopic (exact) mass is 627 g/mol. The lowest BCUT2D eigenvalue weighted by atomic mass is 9.82. The van der Waals surface area contributed by atoms with Crippen molar-refractivity contribution in [1.29, 1.82) is 0 Å². The highest BCUT2D eigenvalue weighted by molar-refractivity contribution is 6.06. The fourth-order valence-electron chi connectivity index (χ4n) is 4.81. The minimum atomic E-state index is -0.216. The summed E-state index contributed by atoms with van der Waals surface area (Å²) >= 11 is 0. The number of pyridine rings is 1. The van der Waals surface area contributed by atoms with E-state index in [1.165, 1.54) is 18.4 Å². The van der Waals surface area contributed by atoms with E-state index in [2.05, 4.69) is 51.5 Å². The highest BCUT2D eigenvalue weighted by Gasteiger charge is 2.25. The first-order valence-electron chi connectivity index (χ1n) is 13.2. The number of fused-ring (bicyclic) bond motifs is 2. The van der Waals surface area contributed by atoms with Gasteiger partial charge in [-0.3, -0.25) is 14.8 Å². The van der Waals surface area contributed by atoms with Gasteiger partial charge in [0.05, 0.1) is 42.7 Å². The smallest absolute Gasteiger partial charge is 0.252 e. The number of amides is 1. The van der Waals surface area contributed by atoms with Gasteiger partial charge < -0.3 is 24.9 Å². The second-order valence-corrected chi connectivity index (χ2v) is 10.7. The summed E-state index contributed by atoms with van der Waals surface area (Å²) in [7, 11) is 0. The molecule has 0 unspecified atom stereocenters. The van der Waals surface area contributed by atoms with Gasteiger partial charge in [-0.25, -0.2) is 4.98 Å². The summed E-state index contributed by atoms with van der Waals surface area (Å²) in [6, 6.07) is 7.74. The van der Waals surface area contributed by atoms with E-state index < -0.39 is 0 Å². The Bertz CT molecular complexity index is 1400. The van der Waals surface area contributed by atoms with Crippen LogP contribution in [0.25, 0.3) is 16.6 Å². The zero-order valence-electron chi connectivity index (χ0n) is 23.4. The minimum Gasteiger partial charge on any atom is -0.491 e. The Hall–Kier alpha value is -2.60. The summed E-state index contributed by atoms with van der Waals surface area (Å²) in [6.07, 6.45) is 8.22. The van der Waals surface area contributed by atoms with Crippen LogP contribution < -0.4 is 15.8 Å². The van der Waals surface area contributed by atoms with Gasteiger partial charge in [-0.2, -0.15) is 5.10 Å². The van der Waals surface area contributed by atoms with Crippen molar-refractivity contribution in [2.75, 3.05) is 39.5 Å². The minimum absolute atomic E-state index is 0. The number of hydrogen-bond acceptors (Lipinski definition) is 7. The van der Waals surface area contributed by atoms with Crippen LogP contribution in [0.4, 0.5) is 0 Å². The van der Waals surface area contributed by atoms with Crippen LogP contribution in [0.1, 0.15) is 48.3 Å². The van der Waals surface area contributed by atoms with Crippen LogP contribution >= 0.6 is 37.2 Å². The van der Waals surface area contributed by atoms with Crippen molar-refractivity contribution in [1.82, 2.24) is 29.8 Å². The average Bonchev–Trinajstić information content (AvgIpc) is 3.54. The molecule has 1 fully saturated rings. The number of hydrogen-bond donors (Lipinski definition) is 3. The first-order valence-corrected chi connectivity index (χ1v) is 13.2. The predicted octanol–water partition coefficient (Wildman–Crippen LogP) is 4.38. The van der Waals surface area contributed by atoms with E-state index in [4.69, 9.17) is 15.2 Å². The van der Waals surface area contributed by atoms with Gasteiger partial charge in [0, 0.05) is 36.9 Å². The molecule has 0 bridgehead atoms. The fourth-order valence-corrected chi connectivity index (χ4v) is 4.81. The highest BCUT2D eigenvalue weighted by Crippen LogP contribution is 2.30. The third-order valence-electron chi connectivity index (χ3n) is 7.14. The molecule has 0 atom stereocenters. The molecular formula is C28H40Cl3N7O3. The standard InChI is InChI=1S/C28H37N7O3.3ClH/c1-28(2)5-8-34(9-6-28)17-20-3-4-26-32-21(19-35(26)18-20)15-30-27(36)23-13-22(38-12-11-37-10-7-29)14-25-24(23)16-31-33-25;;;/h3-4,13-14,16,18-19H,5-12,15,17,29H2,1-2H3,(H,30,36)(H,31,33);3*1H. The second-order valence-electron chi connectivity index (χ2n) is 10.7. The molecule has 1 aliphatic heterocycles. The molecule has 1 saturated heterocycles. The number of aromatic amines is 1. The normalized spacial score (nSPS) is 14.6. The van der Waals surface area contributed by atoms with Gasteiger partial charge in [0.2, 0.25) is 0 Å². The zero-order chi connectivity index (χ0) is 26.5. The van der Waals surface area contributed by atoms with E-state index in [1.807, 2.05) is 22.7 Å². The summed E-state index contributed by atoms with van der Waals surface area (Å²) in [6.45, 7) is 9.95. The van der Waals surface area contributed by atoms with Gasteiger partial charge in [0.15, 0.2) is 0 Å². The number of nitrogens with two attached hydrogens (primary N) is 1. The summed E-state index contributed by atoms with van der Waals surface area (Å²) in [4.78, 5) is 20.4. The molecule has 13 heteroatoms. The third-order valence-corrected chi connectivity index (χ3v) is 7.14. The van der Waals surface area contributed by atoms with Gasteiger partial charge in [-0.05, 0) is 49.0 Å². The van der Waals surface area contributed by atoms with Crippen molar-refractivity contribution in [3.05, 3.63) is 59.7 Å². The summed E-state index contributed by atoms with van der Waals surface area (Å²) in [5.41, 5.74) is 10.0. The predicted molar refractivity (Wildman–Crippen MR) is 168 cm³/mol. The number of ether oxygens (including phenoxy) is 2. The molecule has 41 heavy (non-hydrogen) atoms. The number of carbonyl (C=O) groups excluding carboxylic acids is 1. The number of rotatable bonds is 11. The van der Waals surface area contributed by atoms with Crippen molar-refractivity contribution in [2.45, 2.75) is 39.8 Å². The van der Waals surface area contributed by atoms with E-state index in [0.29, 0.717) is 49.6 Å². The molecule has 0 saturated carbocycles. The topological polar surface area (TPSA) is 123 Å². The number of H-pyrrole nitrogens is 1. The van der Waals surface area contributed by atoms with Crippen molar-refractivity contribution in [3.63, 3.8) is 0 Å². The van der Waals surface area contributed by atoms with Crippen LogP contribution in [-0.2, 0) is 17.8 Å². The van der Waals surface area contributed by atoms with E-state index in [9.17, 15) is 4.79 Å². The number of likely N-dealkylation sites (tertiary alicyclic amines) is 1. The van der Waals surface area contributed by atoms with E-state index >= 15 is 0 Å². The Morgan fingerprint density at radius 1 is 1.10 bits per heavy atom. The molecule has 1 amide bonds. The number of aromatic nitrogens is 4. The highest BCUT2D eigenvalue weighted by atomic mass is 35.5. The molecule has 4 heterocycles. The first kappa shape index (κ1) is 34.6. The molecule has 226 valence electrons. The number of nitrogens with one attached hydrogen (secondary N) is 2. The zero-order valence-corrected chi connectivity index (χ0v) is 25.9. The van der Waals surface area contributed by atoms with Gasteiger partial charge in [-0.15, -0.1) is 37.2 Å². The lowest BCUT2D eigenvalue weighted by Gasteiger charge is -2.36. The molecular weight excluding hydrogens is 589 g/mol. The second kappa shape index (κ2) is 15.6. The van der Waals surface area contributed by atoms with Crippen LogP contribution in [0.2, 0.25) is 0 Å². The maximum Gasteiger partial charge on any atom is 0.252 e. The Morgan fingerprint density at radius 3 is 2.63 bits per heavy atom. The molecule has 1 aliphatic rings. The van der Waals surface area contributed by atoms with E-state index in [0.717, 1.165) is 41.9 Å². The van der Waals surface area contributed by atoms with E-state index in [1.54, 1.807) is 12.3 Å². The number of carbonyl (C=O) groups is 1. The Morgan fingerprint density at radius 2 is 1.88 bits per heavy atom. The summed E-state index contributed by atoms with van der Waals surface area (Å²) < 4.78 is 13.2. The Kier molecular flexibility index (Phi) is 13.1. The van der Waals surface area contributed by atoms with Crippen LogP contribution in [0.15, 0.2) is 42.9 Å². The largest absolute Gasteiger partial charge is 0.491 e. The Labute approximate surface area is 259 Å². The molecule has 4 N–H and O–H groups in total. The van der Waals surface area contributed by atoms with Crippen LogP contribution in [0.3, 0.4) is 0 Å². The molecule has 0 aliphatic carbocycles. The van der Waals surface area contributed by atoms with Gasteiger partial charge in [0.25, 0.3) is 5.91 Å². The van der Waals surface area contributed by atoms with Crippen LogP contribution in [-0.4, -0.2) is 69.8 Å². The number of halogens is 3. The summed E-state index contributed by atoms with van der Waals surface area (Å²) in [5.74, 6) is 0.354. The number of imidazole rings is 1. The molecule has 4 aromatic rings. The van der Waals surface area contributed by atoms with Crippen molar-refractivity contribution < 1.29 is 14.3 Å². The lowest BCUT2D eigenvalue weighted by molar-refractivity contribution is 0.0950. The number of nitrogens with zero attached hydrogens (tertiary/aromatic N) is 4. The van der Waals surface area contributed by atoms with Crippen molar-refractivity contribution >= 4 is 59.7 Å². The van der Waals surface area contributed by atoms with Gasteiger partial charge >= 0.3 is 0 Å². The maximum absolute atomic E-state index is 13.1. The van der Waals surface area contributed by atoms with Crippen molar-refractivity contribution in [2.24, 2.45) is 11.1 Å². The van der Waals surface area contributed by atoms with Gasteiger partial charge in [-0.1, -0.05) is 19.9 Å². The SMILES string of the molecule is CC1(C)CCN(Cc2ccc3nc(CNC(=O)c4cc(OCCOCCN)cc5[nH]ncc45)cn3c2)CC1.Cl.Cl.Cl. The third kappa shape index (κ3) is 8.94. The van der Waals surface area contributed by atoms with Crippen LogP contribution in [0, 0.1) is 5.41 Å². The lowest BCUT2D eigenvalue weighted by Crippen LogP contribution is -2.36. The number of piperidine rings is 1. The quantitative estimate of drug-likeness (QED) is 0.211. The summed E-state index contributed by atoms with van der Waals surface area (Å²) in [5, 5.41) is 10.7. The maximum atomic E-state index is 13.1. The molecule has 10 nitrogen and oxygen atoms in total. The molecule has 1 aromatic carbocycles. The van der Waals surface area contributed by atoms with Gasteiger partial charge in [0.1, 0.15) is 18.0 Å². The molecule has 0 radical (unpaired) electrons. The van der Waals surface area contributed by atoms with E-state index in [-0.39, 0.29) is 43.1 Å². The van der Waals surface area contributed by atoms with Crippen molar-refractivity contribution in [3.8, 4) is 5.75 Å². The van der Waals surface area contributed by atoms with Crippen LogP contribution in [0.5, 0.6) is 5.75 Å².